The van der Waals surface area contributed by atoms with Gasteiger partial charge in [-0.2, -0.15) is 0 Å². The maximum absolute atomic E-state index is 14.8. The summed E-state index contributed by atoms with van der Waals surface area (Å²) in [5.41, 5.74) is 13.5. The van der Waals surface area contributed by atoms with E-state index < -0.39 is 11.7 Å². The molecule has 11 heteroatoms. The van der Waals surface area contributed by atoms with Crippen molar-refractivity contribution in [2.75, 3.05) is 16.0 Å². The van der Waals surface area contributed by atoms with Crippen LogP contribution in [-0.2, 0) is 0 Å². The van der Waals surface area contributed by atoms with Crippen LogP contribution in [0.4, 0.5) is 27.4 Å². The molecule has 7 N–H and O–H groups in total. The van der Waals surface area contributed by atoms with E-state index in [1.165, 1.54) is 12.4 Å². The van der Waals surface area contributed by atoms with E-state index in [9.17, 15) is 14.0 Å². The van der Waals surface area contributed by atoms with Crippen LogP contribution in [0.1, 0.15) is 46.4 Å². The topological polar surface area (TPSA) is 161 Å². The second-order valence-corrected chi connectivity index (χ2v) is 8.99. The number of rotatable bonds is 7. The quantitative estimate of drug-likeness (QED) is 0.251. The van der Waals surface area contributed by atoms with E-state index >= 15 is 0 Å². The predicted molar refractivity (Wildman–Crippen MR) is 138 cm³/mol. The van der Waals surface area contributed by atoms with Crippen LogP contribution >= 0.6 is 0 Å². The van der Waals surface area contributed by atoms with Crippen molar-refractivity contribution >= 4 is 45.8 Å². The highest BCUT2D eigenvalue weighted by Gasteiger charge is 2.24. The van der Waals surface area contributed by atoms with Gasteiger partial charge in [0.15, 0.2) is 11.6 Å². The molecule has 10 nitrogen and oxygen atoms in total. The van der Waals surface area contributed by atoms with Gasteiger partial charge in [0.25, 0.3) is 11.8 Å². The van der Waals surface area contributed by atoms with Gasteiger partial charge >= 0.3 is 0 Å². The number of benzene rings is 1. The molecule has 1 fully saturated rings. The number of primary amides is 1. The molecular formula is C26H26FN7O3. The zero-order chi connectivity index (χ0) is 25.9. The van der Waals surface area contributed by atoms with Crippen LogP contribution in [0.25, 0.3) is 11.0 Å². The summed E-state index contributed by atoms with van der Waals surface area (Å²) in [5.74, 6) is -1.86. The number of amides is 2. The van der Waals surface area contributed by atoms with Gasteiger partial charge in [0.1, 0.15) is 11.4 Å². The highest BCUT2D eigenvalue weighted by Crippen LogP contribution is 2.27. The van der Waals surface area contributed by atoms with Gasteiger partial charge in [-0.15, -0.1) is 0 Å². The van der Waals surface area contributed by atoms with Crippen molar-refractivity contribution in [2.24, 2.45) is 11.5 Å². The predicted octanol–water partition coefficient (Wildman–Crippen LogP) is 4.14. The molecule has 37 heavy (non-hydrogen) atoms. The molecule has 0 bridgehead atoms. The normalized spacial score (nSPS) is 17.4. The molecule has 2 unspecified atom stereocenters. The number of hydrogen-bond donors (Lipinski definition) is 5. The molecule has 0 saturated heterocycles. The molecule has 0 aliphatic heterocycles. The molecule has 3 aromatic heterocycles. The zero-order valence-corrected chi connectivity index (χ0v) is 19.8. The number of pyridine rings is 2. The lowest BCUT2D eigenvalue weighted by Gasteiger charge is -2.30. The van der Waals surface area contributed by atoms with Crippen molar-refractivity contribution in [1.29, 1.82) is 0 Å². The molecule has 2 amide bonds. The minimum absolute atomic E-state index is 0.0260. The van der Waals surface area contributed by atoms with Crippen LogP contribution in [0.3, 0.4) is 0 Å². The van der Waals surface area contributed by atoms with E-state index in [2.05, 4.69) is 25.9 Å². The number of halogens is 1. The van der Waals surface area contributed by atoms with E-state index in [-0.39, 0.29) is 35.2 Å². The number of aromatic nitrogens is 2. The molecule has 2 atom stereocenters. The lowest BCUT2D eigenvalue weighted by molar-refractivity contribution is 0.0997. The Labute approximate surface area is 211 Å². The van der Waals surface area contributed by atoms with Crippen LogP contribution in [0.5, 0.6) is 0 Å². The number of carbonyl (C=O) groups is 2. The van der Waals surface area contributed by atoms with Crippen molar-refractivity contribution in [3.05, 3.63) is 72.0 Å². The van der Waals surface area contributed by atoms with Crippen LogP contribution < -0.4 is 27.4 Å². The van der Waals surface area contributed by atoms with Gasteiger partial charge in [-0.25, -0.2) is 9.37 Å². The van der Waals surface area contributed by atoms with E-state index in [1.807, 2.05) is 0 Å². The Bertz CT molecular complexity index is 1470. The van der Waals surface area contributed by atoms with Gasteiger partial charge in [-0.1, -0.05) is 12.8 Å². The summed E-state index contributed by atoms with van der Waals surface area (Å²) in [6, 6.07) is 9.27. The summed E-state index contributed by atoms with van der Waals surface area (Å²) in [6.07, 6.45) is 8.15. The Morgan fingerprint density at radius 2 is 1.84 bits per heavy atom. The molecule has 0 radical (unpaired) electrons. The Morgan fingerprint density at radius 3 is 2.65 bits per heavy atom. The lowest BCUT2D eigenvalue weighted by Crippen LogP contribution is -2.43. The largest absolute Gasteiger partial charge is 0.464 e. The maximum atomic E-state index is 14.8. The van der Waals surface area contributed by atoms with Crippen molar-refractivity contribution in [3.63, 3.8) is 0 Å². The molecule has 190 valence electrons. The monoisotopic (exact) mass is 503 g/mol. The Hall–Kier alpha value is -4.51. The van der Waals surface area contributed by atoms with Crippen LogP contribution in [0.15, 0.2) is 59.5 Å². The SMILES string of the molecule is NC(=O)c1cc(F)c(NC2CCCCC2N)nc1Nc1cncc(NC(=O)c2ccc3occc3c2)c1. The van der Waals surface area contributed by atoms with Crippen molar-refractivity contribution in [3.8, 4) is 0 Å². The number of fused-ring (bicyclic) bond motifs is 1. The zero-order valence-electron chi connectivity index (χ0n) is 19.8. The first-order valence-electron chi connectivity index (χ1n) is 11.9. The number of anilines is 4. The second-order valence-electron chi connectivity index (χ2n) is 8.99. The molecule has 5 rings (SSSR count). The summed E-state index contributed by atoms with van der Waals surface area (Å²) in [7, 11) is 0. The lowest BCUT2D eigenvalue weighted by atomic mass is 9.91. The van der Waals surface area contributed by atoms with Crippen molar-refractivity contribution < 1.29 is 18.4 Å². The highest BCUT2D eigenvalue weighted by atomic mass is 19.1. The van der Waals surface area contributed by atoms with E-state index in [0.717, 1.165) is 37.1 Å². The fraction of sp³-hybridized carbons (Fsp3) is 0.231. The molecule has 0 spiro atoms. The van der Waals surface area contributed by atoms with E-state index in [0.29, 0.717) is 22.5 Å². The first-order valence-corrected chi connectivity index (χ1v) is 11.9. The highest BCUT2D eigenvalue weighted by molar-refractivity contribution is 6.06. The first kappa shape index (κ1) is 24.2. The number of carbonyl (C=O) groups excluding carboxylic acids is 2. The van der Waals surface area contributed by atoms with E-state index in [1.54, 1.807) is 36.6 Å². The minimum Gasteiger partial charge on any atom is -0.464 e. The summed E-state index contributed by atoms with van der Waals surface area (Å²) < 4.78 is 20.1. The summed E-state index contributed by atoms with van der Waals surface area (Å²) in [6.45, 7) is 0. The average molecular weight is 504 g/mol. The van der Waals surface area contributed by atoms with Gasteiger partial charge in [0.2, 0.25) is 0 Å². The summed E-state index contributed by atoms with van der Waals surface area (Å²) in [4.78, 5) is 33.2. The average Bonchev–Trinajstić information content (AvgIpc) is 3.35. The standard InChI is InChI=1S/C26H26FN7O3/c27-19-11-18(23(29)35)24(34-25(19)33-21-4-2-1-3-20(21)28)31-16-10-17(13-30-12-16)32-26(36)15-5-6-22-14(9-15)7-8-37-22/h5-13,20-21H,1-4,28H2,(H2,29,35)(H,32,36)(H2,31,33,34). The third-order valence-corrected chi connectivity index (χ3v) is 6.36. The number of nitrogens with two attached hydrogens (primary N) is 2. The van der Waals surface area contributed by atoms with Gasteiger partial charge < -0.3 is 31.8 Å². The summed E-state index contributed by atoms with van der Waals surface area (Å²) in [5, 5.41) is 9.64. The van der Waals surface area contributed by atoms with Crippen LogP contribution in [0.2, 0.25) is 0 Å². The molecule has 3 heterocycles. The number of furan rings is 1. The molecule has 1 aromatic carbocycles. The molecule has 1 aliphatic rings. The van der Waals surface area contributed by atoms with Crippen LogP contribution in [-0.4, -0.2) is 33.9 Å². The fourth-order valence-corrected chi connectivity index (χ4v) is 4.41. The van der Waals surface area contributed by atoms with Gasteiger partial charge in [-0.05, 0) is 49.2 Å². The smallest absolute Gasteiger partial charge is 0.255 e. The Balaban J connectivity index is 1.36. The second kappa shape index (κ2) is 10.2. The first-order chi connectivity index (χ1) is 17.9. The summed E-state index contributed by atoms with van der Waals surface area (Å²) >= 11 is 0. The number of nitrogens with one attached hydrogen (secondary N) is 3. The number of hydrogen-bond acceptors (Lipinski definition) is 8. The van der Waals surface area contributed by atoms with Gasteiger partial charge in [0.05, 0.1) is 35.6 Å². The fourth-order valence-electron chi connectivity index (χ4n) is 4.41. The van der Waals surface area contributed by atoms with Crippen molar-refractivity contribution in [2.45, 2.75) is 37.8 Å². The number of nitrogens with zero attached hydrogens (tertiary/aromatic N) is 2. The minimum atomic E-state index is -0.845. The Morgan fingerprint density at radius 1 is 1.03 bits per heavy atom. The van der Waals surface area contributed by atoms with E-state index in [4.69, 9.17) is 15.9 Å². The molecule has 1 saturated carbocycles. The third kappa shape index (κ3) is 5.36. The molecule has 4 aromatic rings. The van der Waals surface area contributed by atoms with Crippen molar-refractivity contribution in [1.82, 2.24) is 9.97 Å². The van der Waals surface area contributed by atoms with Crippen LogP contribution in [0, 0.1) is 5.82 Å². The van der Waals surface area contributed by atoms with Gasteiger partial charge in [0, 0.05) is 23.0 Å². The maximum Gasteiger partial charge on any atom is 0.255 e. The Kier molecular flexibility index (Phi) is 6.69. The van der Waals surface area contributed by atoms with Gasteiger partial charge in [-0.3, -0.25) is 14.6 Å². The molecular weight excluding hydrogens is 477 g/mol. The third-order valence-electron chi connectivity index (χ3n) is 6.36. The molecule has 1 aliphatic carbocycles.